The van der Waals surface area contributed by atoms with E-state index in [1.54, 1.807) is 4.72 Å². The van der Waals surface area contributed by atoms with Crippen molar-refractivity contribution in [3.05, 3.63) is 12.7 Å². The van der Waals surface area contributed by atoms with Crippen molar-refractivity contribution in [2.45, 2.75) is 12.5 Å². The Morgan fingerprint density at radius 1 is 1.40 bits per heavy atom. The van der Waals surface area contributed by atoms with Crippen LogP contribution in [0.2, 0.25) is 0 Å². The molecule has 0 amide bonds. The first-order valence-corrected chi connectivity index (χ1v) is 5.49. The Morgan fingerprint density at radius 2 is 1.93 bits per heavy atom. The minimum absolute atomic E-state index is 0.462. The summed E-state index contributed by atoms with van der Waals surface area (Å²) in [4.78, 5) is 20.7. The van der Waals surface area contributed by atoms with Gasteiger partial charge in [-0.2, -0.15) is 0 Å². The van der Waals surface area contributed by atoms with E-state index in [-0.39, 0.29) is 0 Å². The first kappa shape index (κ1) is 13.6. The molecule has 0 saturated carbocycles. The fraction of sp³-hybridized carbons (Fsp3) is 0.429. The molecule has 1 atom stereocenters. The van der Waals surface area contributed by atoms with Crippen LogP contribution < -0.4 is 4.72 Å². The largest absolute Gasteiger partial charge is 0.481 e. The second kappa shape index (κ2) is 5.47. The van der Waals surface area contributed by atoms with Gasteiger partial charge in [0, 0.05) is 0 Å². The Kier molecular flexibility index (Phi) is 4.95. The van der Waals surface area contributed by atoms with Crippen LogP contribution in [-0.2, 0) is 19.6 Å². The molecule has 0 aliphatic rings. The summed E-state index contributed by atoms with van der Waals surface area (Å²) in [6, 6.07) is -1.66. The van der Waals surface area contributed by atoms with Crippen LogP contribution in [0.25, 0.3) is 0 Å². The Balaban J connectivity index is 4.61. The third kappa shape index (κ3) is 5.81. The maximum absolute atomic E-state index is 11.1. The summed E-state index contributed by atoms with van der Waals surface area (Å²) in [5.74, 6) is -3.40. The number of carbonyl (C=O) groups is 2. The van der Waals surface area contributed by atoms with Gasteiger partial charge in [0.15, 0.2) is 0 Å². The van der Waals surface area contributed by atoms with Crippen molar-refractivity contribution in [2.75, 3.05) is 5.75 Å². The number of sulfonamides is 1. The highest BCUT2D eigenvalue weighted by atomic mass is 32.2. The summed E-state index contributed by atoms with van der Waals surface area (Å²) in [6.07, 6.45) is 0.258. The van der Waals surface area contributed by atoms with Gasteiger partial charge >= 0.3 is 11.9 Å². The SMILES string of the molecule is C=CCS(=O)(=O)NC(CC(=O)O)C(=O)O. The molecule has 0 aromatic rings. The molecule has 1 unspecified atom stereocenters. The molecule has 0 saturated heterocycles. The number of rotatable bonds is 7. The average Bonchev–Trinajstić information content (AvgIpc) is 2.00. The van der Waals surface area contributed by atoms with Crippen LogP contribution in [0, 0.1) is 0 Å². The van der Waals surface area contributed by atoms with Crippen molar-refractivity contribution in [1.82, 2.24) is 4.72 Å². The van der Waals surface area contributed by atoms with E-state index in [1.807, 2.05) is 0 Å². The molecular weight excluding hydrogens is 226 g/mol. The predicted octanol–water partition coefficient (Wildman–Crippen LogP) is -0.980. The highest BCUT2D eigenvalue weighted by Crippen LogP contribution is 1.97. The molecule has 8 heteroatoms. The standard InChI is InChI=1S/C7H11NO6S/c1-2-3-15(13,14)8-5(7(11)12)4-6(9)10/h2,5,8H,1,3-4H2,(H,9,10)(H,11,12). The van der Waals surface area contributed by atoms with Gasteiger partial charge in [-0.15, -0.1) is 6.58 Å². The molecule has 0 fully saturated rings. The minimum atomic E-state index is -3.83. The minimum Gasteiger partial charge on any atom is -0.481 e. The van der Waals surface area contributed by atoms with Crippen molar-refractivity contribution in [2.24, 2.45) is 0 Å². The summed E-state index contributed by atoms with van der Waals surface area (Å²) in [5.41, 5.74) is 0. The topological polar surface area (TPSA) is 121 Å². The number of hydrogen-bond donors (Lipinski definition) is 3. The van der Waals surface area contributed by atoms with Gasteiger partial charge < -0.3 is 10.2 Å². The van der Waals surface area contributed by atoms with Gasteiger partial charge in [0.1, 0.15) is 6.04 Å². The van der Waals surface area contributed by atoms with Crippen molar-refractivity contribution in [3.8, 4) is 0 Å². The van der Waals surface area contributed by atoms with Crippen LogP contribution in [0.15, 0.2) is 12.7 Å². The van der Waals surface area contributed by atoms with Gasteiger partial charge in [-0.3, -0.25) is 9.59 Å². The molecule has 0 rings (SSSR count). The number of aliphatic carboxylic acids is 2. The van der Waals surface area contributed by atoms with Gasteiger partial charge in [-0.05, 0) is 0 Å². The number of hydrogen-bond acceptors (Lipinski definition) is 4. The molecule has 15 heavy (non-hydrogen) atoms. The second-order valence-corrected chi connectivity index (χ2v) is 4.48. The van der Waals surface area contributed by atoms with Crippen LogP contribution in [0.4, 0.5) is 0 Å². The van der Waals surface area contributed by atoms with Crippen molar-refractivity contribution in [3.63, 3.8) is 0 Å². The molecule has 7 nitrogen and oxygen atoms in total. The highest BCUT2D eigenvalue weighted by molar-refractivity contribution is 7.89. The molecule has 0 aliphatic carbocycles. The van der Waals surface area contributed by atoms with Crippen LogP contribution in [0.3, 0.4) is 0 Å². The van der Waals surface area contributed by atoms with E-state index in [0.717, 1.165) is 6.08 Å². The van der Waals surface area contributed by atoms with Crippen LogP contribution in [0.1, 0.15) is 6.42 Å². The molecule has 0 heterocycles. The fourth-order valence-corrected chi connectivity index (χ4v) is 1.80. The molecule has 0 aliphatic heterocycles. The highest BCUT2D eigenvalue weighted by Gasteiger charge is 2.25. The Bertz CT molecular complexity index is 360. The molecule has 86 valence electrons. The summed E-state index contributed by atoms with van der Waals surface area (Å²) in [6.45, 7) is 3.18. The fourth-order valence-electron chi connectivity index (χ4n) is 0.774. The first-order chi connectivity index (χ1) is 6.78. The van der Waals surface area contributed by atoms with E-state index in [2.05, 4.69) is 6.58 Å². The summed E-state index contributed by atoms with van der Waals surface area (Å²) in [7, 11) is -3.83. The number of carboxylic acid groups (broad SMARTS) is 2. The third-order valence-corrected chi connectivity index (χ3v) is 2.65. The lowest BCUT2D eigenvalue weighted by atomic mass is 10.2. The second-order valence-electron chi connectivity index (χ2n) is 2.68. The smallest absolute Gasteiger partial charge is 0.322 e. The van der Waals surface area contributed by atoms with E-state index < -0.39 is 40.2 Å². The number of nitrogens with one attached hydrogen (secondary N) is 1. The Morgan fingerprint density at radius 3 is 2.27 bits per heavy atom. The molecule has 0 radical (unpaired) electrons. The van der Waals surface area contributed by atoms with Crippen LogP contribution in [-0.4, -0.2) is 42.4 Å². The maximum Gasteiger partial charge on any atom is 0.322 e. The van der Waals surface area contributed by atoms with Gasteiger partial charge in [-0.25, -0.2) is 13.1 Å². The Labute approximate surface area is 86.5 Å². The van der Waals surface area contributed by atoms with E-state index in [0.29, 0.717) is 0 Å². The van der Waals surface area contributed by atoms with Gasteiger partial charge in [-0.1, -0.05) is 6.08 Å². The van der Waals surface area contributed by atoms with Crippen molar-refractivity contribution in [1.29, 1.82) is 0 Å². The molecule has 0 bridgehead atoms. The third-order valence-electron chi connectivity index (χ3n) is 1.34. The quantitative estimate of drug-likeness (QED) is 0.489. The maximum atomic E-state index is 11.1. The summed E-state index contributed by atoms with van der Waals surface area (Å²) >= 11 is 0. The molecule has 0 spiro atoms. The van der Waals surface area contributed by atoms with Gasteiger partial charge in [0.25, 0.3) is 0 Å². The summed E-state index contributed by atoms with van der Waals surface area (Å²) < 4.78 is 23.9. The average molecular weight is 237 g/mol. The van der Waals surface area contributed by atoms with Crippen LogP contribution >= 0.6 is 0 Å². The number of carboxylic acids is 2. The van der Waals surface area contributed by atoms with E-state index in [1.165, 1.54) is 0 Å². The Hall–Kier alpha value is -1.41. The van der Waals surface area contributed by atoms with E-state index in [4.69, 9.17) is 10.2 Å². The lowest BCUT2D eigenvalue weighted by molar-refractivity contribution is -0.145. The van der Waals surface area contributed by atoms with E-state index >= 15 is 0 Å². The summed E-state index contributed by atoms with van der Waals surface area (Å²) in [5, 5.41) is 16.9. The molecule has 0 aromatic carbocycles. The molecule has 0 aromatic heterocycles. The zero-order chi connectivity index (χ0) is 12.1. The van der Waals surface area contributed by atoms with Crippen molar-refractivity contribution < 1.29 is 28.2 Å². The lowest BCUT2D eigenvalue weighted by Gasteiger charge is -2.11. The monoisotopic (exact) mass is 237 g/mol. The van der Waals surface area contributed by atoms with Gasteiger partial charge in [0.05, 0.1) is 12.2 Å². The van der Waals surface area contributed by atoms with Gasteiger partial charge in [0.2, 0.25) is 10.0 Å². The lowest BCUT2D eigenvalue weighted by Crippen LogP contribution is -2.42. The molecule has 3 N–H and O–H groups in total. The first-order valence-electron chi connectivity index (χ1n) is 3.84. The van der Waals surface area contributed by atoms with E-state index in [9.17, 15) is 18.0 Å². The zero-order valence-corrected chi connectivity index (χ0v) is 8.53. The van der Waals surface area contributed by atoms with Crippen LogP contribution in [0.5, 0.6) is 0 Å². The predicted molar refractivity (Wildman–Crippen MR) is 50.8 cm³/mol. The van der Waals surface area contributed by atoms with Crippen molar-refractivity contribution >= 4 is 22.0 Å². The normalized spacial score (nSPS) is 13.1. The molecular formula is C7H11NO6S. The zero-order valence-electron chi connectivity index (χ0n) is 7.71.